The van der Waals surface area contributed by atoms with Crippen molar-refractivity contribution < 1.29 is 9.00 Å². The van der Waals surface area contributed by atoms with Crippen molar-refractivity contribution in [3.63, 3.8) is 0 Å². The lowest BCUT2D eigenvalue weighted by Gasteiger charge is -2.23. The Balaban J connectivity index is 1.87. The summed E-state index contributed by atoms with van der Waals surface area (Å²) in [7, 11) is -1.38. The lowest BCUT2D eigenvalue weighted by Crippen LogP contribution is -2.30. The van der Waals surface area contributed by atoms with Crippen LogP contribution in [0.25, 0.3) is 0 Å². The molecule has 3 aromatic carbocycles. The van der Waals surface area contributed by atoms with E-state index in [0.717, 1.165) is 16.9 Å². The Morgan fingerprint density at radius 1 is 0.800 bits per heavy atom. The first-order valence-electron chi connectivity index (χ1n) is 8.03. The molecule has 0 heterocycles. The van der Waals surface area contributed by atoms with Crippen LogP contribution in [-0.4, -0.2) is 15.9 Å². The number of nitrogens with zero attached hydrogens (tertiary/aromatic N) is 1. The summed E-state index contributed by atoms with van der Waals surface area (Å²) in [5, 5.41) is 0. The van der Waals surface area contributed by atoms with E-state index in [0.29, 0.717) is 4.90 Å². The van der Waals surface area contributed by atoms with E-state index in [-0.39, 0.29) is 11.7 Å². The largest absolute Gasteiger partial charge is 0.280 e. The van der Waals surface area contributed by atoms with Crippen molar-refractivity contribution in [1.82, 2.24) is 0 Å². The summed E-state index contributed by atoms with van der Waals surface area (Å²) in [5.41, 5.74) is 2.63. The molecule has 25 heavy (non-hydrogen) atoms. The minimum atomic E-state index is -1.38. The lowest BCUT2D eigenvalue weighted by atomic mass is 10.2. The van der Waals surface area contributed by atoms with Crippen LogP contribution in [0.2, 0.25) is 0 Å². The number of aryl methyl sites for hydroxylation is 1. The molecule has 0 radical (unpaired) electrons. The van der Waals surface area contributed by atoms with Gasteiger partial charge >= 0.3 is 0 Å². The van der Waals surface area contributed by atoms with E-state index in [4.69, 9.17) is 0 Å². The van der Waals surface area contributed by atoms with E-state index >= 15 is 0 Å². The third-order valence-electron chi connectivity index (χ3n) is 3.82. The van der Waals surface area contributed by atoms with E-state index in [2.05, 4.69) is 0 Å². The van der Waals surface area contributed by atoms with Gasteiger partial charge < -0.3 is 0 Å². The molecule has 0 aromatic heterocycles. The molecule has 0 aliphatic heterocycles. The minimum absolute atomic E-state index is 0.0626. The smallest absolute Gasteiger partial charge is 0.244 e. The molecule has 4 heteroatoms. The Labute approximate surface area is 150 Å². The molecule has 3 nitrogen and oxygen atoms in total. The molecule has 0 spiro atoms. The monoisotopic (exact) mass is 349 g/mol. The topological polar surface area (TPSA) is 37.4 Å². The predicted molar refractivity (Wildman–Crippen MR) is 102 cm³/mol. The van der Waals surface area contributed by atoms with Gasteiger partial charge in [-0.2, -0.15) is 0 Å². The molecule has 1 atom stereocenters. The fourth-order valence-corrected chi connectivity index (χ4v) is 3.50. The van der Waals surface area contributed by atoms with Crippen LogP contribution in [0.5, 0.6) is 0 Å². The number of benzene rings is 3. The molecule has 0 bridgehead atoms. The van der Waals surface area contributed by atoms with Crippen molar-refractivity contribution in [3.05, 3.63) is 90.5 Å². The lowest BCUT2D eigenvalue weighted by molar-refractivity contribution is -0.115. The molecule has 1 unspecified atom stereocenters. The Bertz CT molecular complexity index is 822. The second-order valence-corrected chi connectivity index (χ2v) is 7.15. The van der Waals surface area contributed by atoms with Crippen molar-refractivity contribution in [3.8, 4) is 0 Å². The van der Waals surface area contributed by atoms with Gasteiger partial charge in [0, 0.05) is 16.3 Å². The fourth-order valence-electron chi connectivity index (χ4n) is 2.54. The van der Waals surface area contributed by atoms with Crippen LogP contribution in [0.1, 0.15) is 5.56 Å². The maximum absolute atomic E-state index is 12.9. The van der Waals surface area contributed by atoms with E-state index in [1.807, 2.05) is 91.9 Å². The van der Waals surface area contributed by atoms with Crippen LogP contribution >= 0.6 is 0 Å². The van der Waals surface area contributed by atoms with Gasteiger partial charge in [0.2, 0.25) is 5.91 Å². The van der Waals surface area contributed by atoms with Crippen LogP contribution in [-0.2, 0) is 15.6 Å². The first-order chi connectivity index (χ1) is 12.1. The van der Waals surface area contributed by atoms with Crippen molar-refractivity contribution in [1.29, 1.82) is 0 Å². The molecule has 0 N–H and O–H groups in total. The molecule has 0 aliphatic carbocycles. The number of hydrogen-bond donors (Lipinski definition) is 0. The van der Waals surface area contributed by atoms with E-state index in [1.165, 1.54) is 0 Å². The Kier molecular flexibility index (Phi) is 5.41. The van der Waals surface area contributed by atoms with Gasteiger partial charge in [0.15, 0.2) is 0 Å². The number of amides is 1. The average Bonchev–Trinajstić information content (AvgIpc) is 2.64. The number of para-hydroxylation sites is 2. The van der Waals surface area contributed by atoms with Crippen LogP contribution in [0.4, 0.5) is 11.4 Å². The molecule has 3 aromatic rings. The Morgan fingerprint density at radius 2 is 1.28 bits per heavy atom. The van der Waals surface area contributed by atoms with Gasteiger partial charge in [0.25, 0.3) is 0 Å². The van der Waals surface area contributed by atoms with Crippen LogP contribution < -0.4 is 4.90 Å². The van der Waals surface area contributed by atoms with E-state index < -0.39 is 10.8 Å². The highest BCUT2D eigenvalue weighted by molar-refractivity contribution is 7.85. The standard InChI is InChI=1S/C21H19NO2S/c1-17-12-14-20(15-13-17)25(24)16-21(23)22(18-8-4-2-5-9-18)19-10-6-3-7-11-19/h2-15H,16H2,1H3. The average molecular weight is 349 g/mol. The molecule has 3 rings (SSSR count). The van der Waals surface area contributed by atoms with Crippen molar-refractivity contribution in [2.24, 2.45) is 0 Å². The molecule has 0 saturated heterocycles. The highest BCUT2D eigenvalue weighted by Gasteiger charge is 2.20. The second-order valence-electron chi connectivity index (χ2n) is 5.70. The highest BCUT2D eigenvalue weighted by atomic mass is 32.2. The molecule has 0 aliphatic rings. The van der Waals surface area contributed by atoms with E-state index in [1.54, 1.807) is 4.90 Å². The zero-order valence-electron chi connectivity index (χ0n) is 14.0. The first-order valence-corrected chi connectivity index (χ1v) is 9.35. The first kappa shape index (κ1) is 17.1. The summed E-state index contributed by atoms with van der Waals surface area (Å²) in [6, 6.07) is 26.3. The summed E-state index contributed by atoms with van der Waals surface area (Å²) < 4.78 is 12.6. The summed E-state index contributed by atoms with van der Waals surface area (Å²) in [4.78, 5) is 15.2. The molecular formula is C21H19NO2S. The summed E-state index contributed by atoms with van der Waals surface area (Å²) in [5.74, 6) is -0.261. The zero-order valence-corrected chi connectivity index (χ0v) is 14.8. The molecular weight excluding hydrogens is 330 g/mol. The quantitative estimate of drug-likeness (QED) is 0.682. The predicted octanol–water partition coefficient (Wildman–Crippen LogP) is 4.47. The number of carbonyl (C=O) groups excluding carboxylic acids is 1. The van der Waals surface area contributed by atoms with Crippen molar-refractivity contribution in [2.45, 2.75) is 11.8 Å². The maximum atomic E-state index is 12.9. The fraction of sp³-hybridized carbons (Fsp3) is 0.0952. The zero-order chi connectivity index (χ0) is 17.6. The SMILES string of the molecule is Cc1ccc(S(=O)CC(=O)N(c2ccccc2)c2ccccc2)cc1. The summed E-state index contributed by atoms with van der Waals surface area (Å²) in [6.45, 7) is 1.98. The molecule has 0 fully saturated rings. The van der Waals surface area contributed by atoms with Gasteiger partial charge in [-0.15, -0.1) is 0 Å². The van der Waals surface area contributed by atoms with Gasteiger partial charge in [0.05, 0.1) is 10.8 Å². The molecule has 1 amide bonds. The third kappa shape index (κ3) is 4.22. The Morgan fingerprint density at radius 3 is 1.76 bits per heavy atom. The van der Waals surface area contributed by atoms with Crippen LogP contribution in [0, 0.1) is 6.92 Å². The summed E-state index contributed by atoms with van der Waals surface area (Å²) >= 11 is 0. The second kappa shape index (κ2) is 7.90. The Hall–Kier alpha value is -2.72. The number of rotatable bonds is 5. The van der Waals surface area contributed by atoms with Gasteiger partial charge in [-0.25, -0.2) is 0 Å². The molecule has 0 saturated carbocycles. The van der Waals surface area contributed by atoms with Gasteiger partial charge in [-0.3, -0.25) is 13.9 Å². The highest BCUT2D eigenvalue weighted by Crippen LogP contribution is 2.25. The van der Waals surface area contributed by atoms with Crippen molar-refractivity contribution in [2.75, 3.05) is 10.7 Å². The number of hydrogen-bond acceptors (Lipinski definition) is 2. The van der Waals surface area contributed by atoms with Gasteiger partial charge in [0.1, 0.15) is 5.75 Å². The number of anilines is 2. The van der Waals surface area contributed by atoms with Gasteiger partial charge in [-0.05, 0) is 43.3 Å². The minimum Gasteiger partial charge on any atom is -0.280 e. The normalized spacial score (nSPS) is 11.7. The van der Waals surface area contributed by atoms with Crippen LogP contribution in [0.15, 0.2) is 89.8 Å². The summed E-state index contributed by atoms with van der Waals surface area (Å²) in [6.07, 6.45) is 0. The third-order valence-corrected chi connectivity index (χ3v) is 5.12. The maximum Gasteiger partial charge on any atom is 0.244 e. The van der Waals surface area contributed by atoms with E-state index in [9.17, 15) is 9.00 Å². The number of carbonyl (C=O) groups is 1. The van der Waals surface area contributed by atoms with Crippen molar-refractivity contribution >= 4 is 28.1 Å². The van der Waals surface area contributed by atoms with Gasteiger partial charge in [-0.1, -0.05) is 54.1 Å². The molecule has 126 valence electrons. The van der Waals surface area contributed by atoms with Crippen LogP contribution in [0.3, 0.4) is 0 Å².